The second-order valence-corrected chi connectivity index (χ2v) is 7.28. The molecule has 1 saturated carbocycles. The number of hydrogen-bond donors (Lipinski definition) is 2. The zero-order valence-electron chi connectivity index (χ0n) is 15.7. The highest BCUT2D eigenvalue weighted by atomic mass is 16.6. The number of nitrogens with one attached hydrogen (secondary N) is 2. The van der Waals surface area contributed by atoms with E-state index in [4.69, 9.17) is 4.74 Å². The van der Waals surface area contributed by atoms with Gasteiger partial charge in [-0.3, -0.25) is 24.6 Å². The minimum absolute atomic E-state index is 0.0926. The van der Waals surface area contributed by atoms with Crippen LogP contribution in [0.25, 0.3) is 0 Å². The molecule has 10 nitrogen and oxygen atoms in total. The standard InChI is InChI=1S/C18H22N4O6/c1-11-5-7-18(8-6-11)16(24)21(17(25)20-18)10-15(23)19-13-9-12(22(26)27)3-4-14(13)28-2/h3-4,9,11H,5-8,10H2,1-2H3,(H,19,23)(H,20,25). The summed E-state index contributed by atoms with van der Waals surface area (Å²) in [6, 6.07) is 3.17. The van der Waals surface area contributed by atoms with E-state index in [1.54, 1.807) is 0 Å². The average molecular weight is 390 g/mol. The van der Waals surface area contributed by atoms with E-state index in [2.05, 4.69) is 17.6 Å². The number of methoxy groups -OCH3 is 1. The fourth-order valence-electron chi connectivity index (χ4n) is 3.65. The van der Waals surface area contributed by atoms with Gasteiger partial charge >= 0.3 is 6.03 Å². The van der Waals surface area contributed by atoms with E-state index in [1.807, 2.05) is 0 Å². The monoisotopic (exact) mass is 390 g/mol. The second-order valence-electron chi connectivity index (χ2n) is 7.28. The van der Waals surface area contributed by atoms with E-state index in [0.29, 0.717) is 18.8 Å². The van der Waals surface area contributed by atoms with Crippen LogP contribution in [0.2, 0.25) is 0 Å². The number of anilines is 1. The van der Waals surface area contributed by atoms with Crippen molar-refractivity contribution in [3.8, 4) is 5.75 Å². The summed E-state index contributed by atoms with van der Waals surface area (Å²) in [5.74, 6) is -0.322. The molecule has 1 aromatic rings. The summed E-state index contributed by atoms with van der Waals surface area (Å²) in [4.78, 5) is 48.8. The Labute approximate surface area is 161 Å². The maximum absolute atomic E-state index is 12.8. The van der Waals surface area contributed by atoms with Crippen LogP contribution < -0.4 is 15.4 Å². The first-order valence-electron chi connectivity index (χ1n) is 9.02. The lowest BCUT2D eigenvalue weighted by Gasteiger charge is -2.33. The Morgan fingerprint density at radius 1 is 1.39 bits per heavy atom. The van der Waals surface area contributed by atoms with Crippen molar-refractivity contribution in [3.05, 3.63) is 28.3 Å². The van der Waals surface area contributed by atoms with E-state index in [1.165, 1.54) is 19.2 Å². The number of imide groups is 1. The third-order valence-electron chi connectivity index (χ3n) is 5.34. The second kappa shape index (κ2) is 7.45. The molecule has 2 fully saturated rings. The Bertz CT molecular complexity index is 831. The molecular weight excluding hydrogens is 368 g/mol. The number of carbonyl (C=O) groups is 3. The molecule has 0 radical (unpaired) electrons. The highest BCUT2D eigenvalue weighted by molar-refractivity contribution is 6.10. The summed E-state index contributed by atoms with van der Waals surface area (Å²) in [6.07, 6.45) is 2.76. The lowest BCUT2D eigenvalue weighted by molar-refractivity contribution is -0.384. The topological polar surface area (TPSA) is 131 Å². The number of urea groups is 1. The van der Waals surface area contributed by atoms with E-state index >= 15 is 0 Å². The van der Waals surface area contributed by atoms with Gasteiger partial charge in [0.1, 0.15) is 17.8 Å². The van der Waals surface area contributed by atoms with Crippen LogP contribution in [0.5, 0.6) is 5.75 Å². The zero-order valence-corrected chi connectivity index (χ0v) is 15.7. The Hall–Kier alpha value is -3.17. The van der Waals surface area contributed by atoms with Gasteiger partial charge in [-0.1, -0.05) is 6.92 Å². The van der Waals surface area contributed by atoms with Gasteiger partial charge in [0.2, 0.25) is 5.91 Å². The molecule has 1 aliphatic heterocycles. The number of carbonyl (C=O) groups excluding carboxylic acids is 3. The Morgan fingerprint density at radius 2 is 2.07 bits per heavy atom. The van der Waals surface area contributed by atoms with Gasteiger partial charge in [-0.25, -0.2) is 4.79 Å². The number of hydrogen-bond acceptors (Lipinski definition) is 6. The van der Waals surface area contributed by atoms with E-state index in [0.717, 1.165) is 23.8 Å². The van der Waals surface area contributed by atoms with Crippen LogP contribution in [0.3, 0.4) is 0 Å². The fraction of sp³-hybridized carbons (Fsp3) is 0.500. The number of nitrogens with zero attached hydrogens (tertiary/aromatic N) is 2. The first-order chi connectivity index (χ1) is 13.3. The molecule has 0 unspecified atom stereocenters. The lowest BCUT2D eigenvalue weighted by atomic mass is 9.77. The molecule has 0 atom stereocenters. The third kappa shape index (κ3) is 3.62. The molecule has 2 aliphatic rings. The van der Waals surface area contributed by atoms with Crippen molar-refractivity contribution in [1.29, 1.82) is 0 Å². The minimum Gasteiger partial charge on any atom is -0.495 e. The van der Waals surface area contributed by atoms with Crippen molar-refractivity contribution < 1.29 is 24.0 Å². The van der Waals surface area contributed by atoms with Gasteiger partial charge < -0.3 is 15.4 Å². The third-order valence-corrected chi connectivity index (χ3v) is 5.34. The number of ether oxygens (including phenoxy) is 1. The molecular formula is C18H22N4O6. The van der Waals surface area contributed by atoms with Crippen molar-refractivity contribution in [3.63, 3.8) is 0 Å². The number of rotatable bonds is 5. The van der Waals surface area contributed by atoms with E-state index in [9.17, 15) is 24.5 Å². The zero-order chi connectivity index (χ0) is 20.5. The number of benzene rings is 1. The molecule has 1 aromatic carbocycles. The molecule has 28 heavy (non-hydrogen) atoms. The number of non-ortho nitro benzene ring substituents is 1. The molecule has 1 saturated heterocycles. The van der Waals surface area contributed by atoms with Gasteiger partial charge in [-0.15, -0.1) is 0 Å². The summed E-state index contributed by atoms with van der Waals surface area (Å²) >= 11 is 0. The minimum atomic E-state index is -0.924. The quantitative estimate of drug-likeness (QED) is 0.449. The Balaban J connectivity index is 1.72. The predicted molar refractivity (Wildman–Crippen MR) is 98.9 cm³/mol. The molecule has 1 aliphatic carbocycles. The van der Waals surface area contributed by atoms with Crippen LogP contribution in [0, 0.1) is 16.0 Å². The highest BCUT2D eigenvalue weighted by Gasteiger charge is 2.52. The Morgan fingerprint density at radius 3 is 2.68 bits per heavy atom. The number of nitro groups is 1. The van der Waals surface area contributed by atoms with Gasteiger partial charge in [0.15, 0.2) is 0 Å². The van der Waals surface area contributed by atoms with E-state index < -0.39 is 34.9 Å². The van der Waals surface area contributed by atoms with Crippen molar-refractivity contribution in [2.45, 2.75) is 38.1 Å². The number of nitro benzene ring substituents is 1. The van der Waals surface area contributed by atoms with Crippen molar-refractivity contribution in [2.24, 2.45) is 5.92 Å². The number of amides is 4. The average Bonchev–Trinajstić information content (AvgIpc) is 2.88. The molecule has 0 bridgehead atoms. The molecule has 0 aromatic heterocycles. The van der Waals surface area contributed by atoms with Crippen LogP contribution in [0.15, 0.2) is 18.2 Å². The van der Waals surface area contributed by atoms with Gasteiger partial charge in [0, 0.05) is 12.1 Å². The first kappa shape index (κ1) is 19.6. The molecule has 10 heteroatoms. The van der Waals surface area contributed by atoms with Crippen LogP contribution in [-0.4, -0.2) is 46.9 Å². The van der Waals surface area contributed by atoms with Crippen LogP contribution in [0.1, 0.15) is 32.6 Å². The van der Waals surface area contributed by atoms with E-state index in [-0.39, 0.29) is 17.1 Å². The summed E-state index contributed by atoms with van der Waals surface area (Å²) in [6.45, 7) is 1.62. The summed E-state index contributed by atoms with van der Waals surface area (Å²) in [5, 5.41) is 16.2. The van der Waals surface area contributed by atoms with Gasteiger partial charge in [0.25, 0.3) is 11.6 Å². The van der Waals surface area contributed by atoms with Crippen LogP contribution >= 0.6 is 0 Å². The fourth-order valence-corrected chi connectivity index (χ4v) is 3.65. The maximum Gasteiger partial charge on any atom is 0.325 e. The van der Waals surface area contributed by atoms with Gasteiger partial charge in [-0.2, -0.15) is 0 Å². The lowest BCUT2D eigenvalue weighted by Crippen LogP contribution is -2.49. The maximum atomic E-state index is 12.8. The summed E-state index contributed by atoms with van der Waals surface area (Å²) < 4.78 is 5.10. The largest absolute Gasteiger partial charge is 0.495 e. The molecule has 4 amide bonds. The summed E-state index contributed by atoms with van der Waals surface area (Å²) in [7, 11) is 1.36. The smallest absolute Gasteiger partial charge is 0.325 e. The highest BCUT2D eigenvalue weighted by Crippen LogP contribution is 2.36. The molecule has 1 heterocycles. The normalized spacial score (nSPS) is 24.2. The SMILES string of the molecule is COc1ccc([N+](=O)[O-])cc1NC(=O)CN1C(=O)NC2(CCC(C)CC2)C1=O. The predicted octanol–water partition coefficient (Wildman–Crippen LogP) is 2.04. The summed E-state index contributed by atoms with van der Waals surface area (Å²) in [5.41, 5.74) is -1.05. The van der Waals surface area contributed by atoms with Gasteiger partial charge in [-0.05, 0) is 37.7 Å². The van der Waals surface area contributed by atoms with Crippen molar-refractivity contribution >= 4 is 29.2 Å². The molecule has 150 valence electrons. The molecule has 2 N–H and O–H groups in total. The molecule has 3 rings (SSSR count). The van der Waals surface area contributed by atoms with Crippen molar-refractivity contribution in [2.75, 3.05) is 19.0 Å². The van der Waals surface area contributed by atoms with Crippen LogP contribution in [-0.2, 0) is 9.59 Å². The Kier molecular flexibility index (Phi) is 5.21. The molecule has 1 spiro atoms. The first-order valence-corrected chi connectivity index (χ1v) is 9.02. The van der Waals surface area contributed by atoms with Gasteiger partial charge in [0.05, 0.1) is 17.7 Å². The van der Waals surface area contributed by atoms with Crippen LogP contribution in [0.4, 0.5) is 16.2 Å². The van der Waals surface area contributed by atoms with Crippen molar-refractivity contribution in [1.82, 2.24) is 10.2 Å².